The first kappa shape index (κ1) is 33.0. The molecule has 0 aromatic heterocycles. The van der Waals surface area contributed by atoms with Crippen LogP contribution in [0.25, 0.3) is 11.1 Å². The molecular weight excluding hydrogens is 654 g/mol. The van der Waals surface area contributed by atoms with E-state index in [1.165, 1.54) is 5.56 Å². The molecule has 10 heteroatoms. The lowest BCUT2D eigenvalue weighted by Crippen LogP contribution is -2.32. The second kappa shape index (κ2) is 13.5. The molecule has 0 saturated heterocycles. The molecule has 4 aromatic carbocycles. The van der Waals surface area contributed by atoms with Crippen molar-refractivity contribution in [1.82, 2.24) is 9.80 Å². The van der Waals surface area contributed by atoms with Gasteiger partial charge in [-0.05, 0) is 65.9 Å². The van der Waals surface area contributed by atoms with Crippen LogP contribution in [0.5, 0.6) is 17.2 Å². The molecule has 0 spiro atoms. The van der Waals surface area contributed by atoms with Gasteiger partial charge in [-0.15, -0.1) is 0 Å². The first-order chi connectivity index (χ1) is 25.2. The minimum Gasteiger partial charge on any atom is -0.493 e. The van der Waals surface area contributed by atoms with Gasteiger partial charge in [0, 0.05) is 61.9 Å². The van der Waals surface area contributed by atoms with Crippen LogP contribution in [-0.2, 0) is 0 Å². The van der Waals surface area contributed by atoms with Gasteiger partial charge in [0.2, 0.25) is 0 Å². The monoisotopic (exact) mass is 693 g/mol. The molecule has 0 fully saturated rings. The van der Waals surface area contributed by atoms with Crippen molar-refractivity contribution in [2.75, 3.05) is 26.1 Å². The lowest BCUT2D eigenvalue weighted by Gasteiger charge is -2.19. The van der Waals surface area contributed by atoms with Crippen molar-refractivity contribution >= 4 is 52.5 Å². The Morgan fingerprint density at radius 1 is 0.692 bits per heavy atom. The van der Waals surface area contributed by atoms with Crippen molar-refractivity contribution < 1.29 is 23.8 Å². The molecule has 4 heterocycles. The standard InChI is InChI=1S/C42H39N5O5/c1-25-5-7-27(8-6-25)29-16-32-21-44-36-19-38(26(2)15-34(36)41(48)46(32)23-29)51-13-4-14-52-40-20-37-35(18-39(40)50-3)42(49)47-24-30(17-33(47)22-45-37)28-9-11-31(43)12-10-28/h5-12,15,18-24,32-33H,4,13-14,16-17,43H2,1-3H3/t32-,33+/m0/s1. The van der Waals surface area contributed by atoms with E-state index in [-0.39, 0.29) is 23.9 Å². The van der Waals surface area contributed by atoms with Crippen molar-refractivity contribution in [3.63, 3.8) is 0 Å². The van der Waals surface area contributed by atoms with Crippen LogP contribution < -0.4 is 19.9 Å². The van der Waals surface area contributed by atoms with Crippen molar-refractivity contribution in [1.29, 1.82) is 0 Å². The van der Waals surface area contributed by atoms with Crippen molar-refractivity contribution in [2.24, 2.45) is 9.98 Å². The first-order valence-electron chi connectivity index (χ1n) is 17.5. The third-order valence-corrected chi connectivity index (χ3v) is 9.95. The van der Waals surface area contributed by atoms with Gasteiger partial charge in [0.25, 0.3) is 11.8 Å². The summed E-state index contributed by atoms with van der Waals surface area (Å²) in [7, 11) is 1.55. The molecule has 2 N–H and O–H groups in total. The third kappa shape index (κ3) is 6.21. The van der Waals surface area contributed by atoms with Crippen molar-refractivity contribution in [3.8, 4) is 17.2 Å². The summed E-state index contributed by atoms with van der Waals surface area (Å²) in [6, 6.07) is 22.9. The number of anilines is 1. The summed E-state index contributed by atoms with van der Waals surface area (Å²) in [5, 5.41) is 0. The molecule has 4 aromatic rings. The number of hydrogen-bond acceptors (Lipinski definition) is 8. The number of nitrogen functional groups attached to an aromatic ring is 1. The molecule has 0 saturated carbocycles. The number of carbonyl (C=O) groups excluding carboxylic acids is 2. The number of nitrogens with zero attached hydrogens (tertiary/aromatic N) is 4. The van der Waals surface area contributed by atoms with E-state index in [9.17, 15) is 9.59 Å². The van der Waals surface area contributed by atoms with E-state index in [0.29, 0.717) is 71.5 Å². The van der Waals surface area contributed by atoms with E-state index in [1.54, 1.807) is 29.0 Å². The molecule has 2 amide bonds. The Morgan fingerprint density at radius 2 is 1.21 bits per heavy atom. The summed E-state index contributed by atoms with van der Waals surface area (Å²) in [4.78, 5) is 40.3. The summed E-state index contributed by atoms with van der Waals surface area (Å²) < 4.78 is 17.9. The summed E-state index contributed by atoms with van der Waals surface area (Å²) >= 11 is 0. The predicted molar refractivity (Wildman–Crippen MR) is 203 cm³/mol. The number of amides is 2. The van der Waals surface area contributed by atoms with Crippen LogP contribution in [0.2, 0.25) is 0 Å². The Hall–Kier alpha value is -6.16. The van der Waals surface area contributed by atoms with Crippen LogP contribution in [0.3, 0.4) is 0 Å². The van der Waals surface area contributed by atoms with E-state index in [1.807, 2.05) is 68.2 Å². The first-order valence-corrected chi connectivity index (χ1v) is 17.5. The molecule has 4 aliphatic heterocycles. The summed E-state index contributed by atoms with van der Waals surface area (Å²) in [6.07, 6.45) is 9.49. The van der Waals surface area contributed by atoms with Crippen LogP contribution in [0, 0.1) is 13.8 Å². The highest BCUT2D eigenvalue weighted by atomic mass is 16.5. The smallest absolute Gasteiger partial charge is 0.260 e. The van der Waals surface area contributed by atoms with E-state index >= 15 is 0 Å². The number of benzene rings is 4. The van der Waals surface area contributed by atoms with Crippen LogP contribution in [0.1, 0.15) is 62.2 Å². The maximum absolute atomic E-state index is 13.7. The van der Waals surface area contributed by atoms with Gasteiger partial charge in [0.05, 0.1) is 54.9 Å². The normalized spacial score (nSPS) is 18.5. The number of methoxy groups -OCH3 is 1. The summed E-state index contributed by atoms with van der Waals surface area (Å²) in [6.45, 7) is 4.74. The maximum Gasteiger partial charge on any atom is 0.260 e. The average Bonchev–Trinajstić information content (AvgIpc) is 3.73. The molecule has 10 nitrogen and oxygen atoms in total. The molecule has 2 atom stereocenters. The third-order valence-electron chi connectivity index (χ3n) is 9.95. The molecule has 0 bridgehead atoms. The number of rotatable bonds is 9. The minimum absolute atomic E-state index is 0.0665. The Kier molecular flexibility index (Phi) is 8.58. The second-order valence-corrected chi connectivity index (χ2v) is 13.5. The predicted octanol–water partition coefficient (Wildman–Crippen LogP) is 7.69. The topological polar surface area (TPSA) is 119 Å². The Balaban J connectivity index is 0.900. The molecule has 52 heavy (non-hydrogen) atoms. The van der Waals surface area contributed by atoms with Gasteiger partial charge in [0.1, 0.15) is 5.75 Å². The maximum atomic E-state index is 13.7. The van der Waals surface area contributed by atoms with Crippen LogP contribution in [-0.4, -0.2) is 66.5 Å². The lowest BCUT2D eigenvalue weighted by atomic mass is 10.0. The van der Waals surface area contributed by atoms with Crippen molar-refractivity contribution in [2.45, 2.75) is 45.2 Å². The zero-order chi connectivity index (χ0) is 35.9. The fourth-order valence-corrected chi connectivity index (χ4v) is 7.04. The quantitative estimate of drug-likeness (QED) is 0.142. The van der Waals surface area contributed by atoms with Gasteiger partial charge in [-0.2, -0.15) is 0 Å². The minimum atomic E-state index is -0.189. The average molecular weight is 694 g/mol. The number of hydrogen-bond donors (Lipinski definition) is 1. The fraction of sp³-hybridized carbons (Fsp3) is 0.238. The number of fused-ring (bicyclic) bond motifs is 4. The van der Waals surface area contributed by atoms with E-state index in [0.717, 1.165) is 34.3 Å². The number of aryl methyl sites for hydroxylation is 2. The Morgan fingerprint density at radius 3 is 1.79 bits per heavy atom. The zero-order valence-electron chi connectivity index (χ0n) is 29.3. The lowest BCUT2D eigenvalue weighted by molar-refractivity contribution is 0.0809. The van der Waals surface area contributed by atoms with Gasteiger partial charge in [-0.25, -0.2) is 0 Å². The Bertz CT molecular complexity index is 2200. The summed E-state index contributed by atoms with van der Waals surface area (Å²) in [5.41, 5.74) is 15.1. The largest absolute Gasteiger partial charge is 0.493 e. The Labute approximate surface area is 302 Å². The molecule has 4 aliphatic rings. The zero-order valence-corrected chi connectivity index (χ0v) is 29.3. The molecule has 0 radical (unpaired) electrons. The second-order valence-electron chi connectivity index (χ2n) is 13.5. The molecule has 8 rings (SSSR count). The highest BCUT2D eigenvalue weighted by Crippen LogP contribution is 2.41. The van der Waals surface area contributed by atoms with Gasteiger partial charge >= 0.3 is 0 Å². The number of nitrogens with two attached hydrogens (primary N) is 1. The number of carbonyl (C=O) groups is 2. The van der Waals surface area contributed by atoms with Gasteiger partial charge in [-0.1, -0.05) is 42.0 Å². The fourth-order valence-electron chi connectivity index (χ4n) is 7.04. The van der Waals surface area contributed by atoms with E-state index < -0.39 is 0 Å². The highest BCUT2D eigenvalue weighted by Gasteiger charge is 2.34. The van der Waals surface area contributed by atoms with E-state index in [2.05, 4.69) is 31.2 Å². The summed E-state index contributed by atoms with van der Waals surface area (Å²) in [5.74, 6) is 1.41. The van der Waals surface area contributed by atoms with Gasteiger partial charge in [0.15, 0.2) is 11.5 Å². The molecule has 262 valence electrons. The number of ether oxygens (including phenoxy) is 3. The van der Waals surface area contributed by atoms with Gasteiger partial charge < -0.3 is 29.7 Å². The van der Waals surface area contributed by atoms with Crippen LogP contribution in [0.4, 0.5) is 17.1 Å². The van der Waals surface area contributed by atoms with E-state index in [4.69, 9.17) is 29.9 Å². The molecule has 0 aliphatic carbocycles. The SMILES string of the molecule is COc1cc2c(cc1OCCCOc1cc3c(cc1C)C(=O)N1C=C(c4ccc(C)cc4)C[C@H]1C=N3)N=C[C@H]1CC(c3ccc(N)cc3)=CN1C2=O. The van der Waals surface area contributed by atoms with Crippen LogP contribution >= 0.6 is 0 Å². The number of aliphatic imine (C=N–C) groups is 2. The molecular formula is C42H39N5O5. The van der Waals surface area contributed by atoms with Gasteiger partial charge in [-0.3, -0.25) is 19.6 Å². The van der Waals surface area contributed by atoms with Crippen LogP contribution in [0.15, 0.2) is 95.2 Å². The molecule has 0 unspecified atom stereocenters. The highest BCUT2D eigenvalue weighted by molar-refractivity contribution is 6.06. The van der Waals surface area contributed by atoms with Crippen molar-refractivity contribution in [3.05, 3.63) is 119 Å².